The summed E-state index contributed by atoms with van der Waals surface area (Å²) in [7, 11) is 0. The van der Waals surface area contributed by atoms with Gasteiger partial charge in [-0.05, 0) is 11.6 Å². The molecule has 0 aromatic heterocycles. The molecule has 108 valence electrons. The highest BCUT2D eigenvalue weighted by Crippen LogP contribution is 2.47. The summed E-state index contributed by atoms with van der Waals surface area (Å²) in [6.45, 7) is 0.183. The van der Waals surface area contributed by atoms with Crippen molar-refractivity contribution in [1.82, 2.24) is 0 Å². The van der Waals surface area contributed by atoms with Gasteiger partial charge < -0.3 is 19.9 Å². The van der Waals surface area contributed by atoms with E-state index in [1.54, 1.807) is 6.07 Å². The summed E-state index contributed by atoms with van der Waals surface area (Å²) in [5.74, 6) is 1.72. The summed E-state index contributed by atoms with van der Waals surface area (Å²) in [5, 5.41) is 9.49. The van der Waals surface area contributed by atoms with E-state index < -0.39 is 0 Å². The van der Waals surface area contributed by atoms with E-state index in [4.69, 9.17) is 19.9 Å². The number of benzene rings is 2. The molecule has 2 aliphatic heterocycles. The molecule has 0 radical (unpaired) electrons. The second kappa shape index (κ2) is 4.71. The lowest BCUT2D eigenvalue weighted by Gasteiger charge is -2.26. The van der Waals surface area contributed by atoms with Crippen LogP contribution in [0.5, 0.6) is 17.2 Å². The van der Waals surface area contributed by atoms with Crippen LogP contribution in [0, 0.1) is 11.3 Å². The molecule has 22 heavy (non-hydrogen) atoms. The maximum absolute atomic E-state index is 9.49. The van der Waals surface area contributed by atoms with Crippen molar-refractivity contribution in [2.45, 2.75) is 5.92 Å². The number of hydrogen-bond acceptors (Lipinski definition) is 5. The van der Waals surface area contributed by atoms with Crippen LogP contribution in [0.25, 0.3) is 0 Å². The van der Waals surface area contributed by atoms with E-state index >= 15 is 0 Å². The second-order valence-electron chi connectivity index (χ2n) is 5.08. The maximum atomic E-state index is 9.49. The molecule has 0 unspecified atom stereocenters. The first kappa shape index (κ1) is 12.6. The van der Waals surface area contributed by atoms with Crippen molar-refractivity contribution in [1.29, 1.82) is 5.26 Å². The minimum absolute atomic E-state index is 0.128. The molecule has 5 heteroatoms. The number of nitrogens with zero attached hydrogens (tertiary/aromatic N) is 1. The van der Waals surface area contributed by atoms with Crippen LogP contribution in [0.15, 0.2) is 53.9 Å². The molecule has 0 saturated heterocycles. The number of nitriles is 1. The fourth-order valence-corrected chi connectivity index (χ4v) is 2.84. The number of fused-ring (bicyclic) bond motifs is 2. The third-order valence-electron chi connectivity index (χ3n) is 3.84. The van der Waals surface area contributed by atoms with E-state index in [9.17, 15) is 5.26 Å². The monoisotopic (exact) mass is 292 g/mol. The standard InChI is InChI=1S/C17H12N2O3/c18-8-12-16(10-4-2-1-3-5-10)11-6-14-15(21-9-20-14)7-13(11)22-17(12)19/h1-7,16H,9,19H2/t16-/m1/s1. The van der Waals surface area contributed by atoms with Gasteiger partial charge in [-0.3, -0.25) is 0 Å². The fourth-order valence-electron chi connectivity index (χ4n) is 2.84. The highest BCUT2D eigenvalue weighted by atomic mass is 16.7. The highest BCUT2D eigenvalue weighted by Gasteiger charge is 2.32. The van der Waals surface area contributed by atoms with Crippen LogP contribution in [-0.4, -0.2) is 6.79 Å². The average molecular weight is 292 g/mol. The summed E-state index contributed by atoms with van der Waals surface area (Å²) < 4.78 is 16.4. The summed E-state index contributed by atoms with van der Waals surface area (Å²) >= 11 is 0. The number of ether oxygens (including phenoxy) is 3. The summed E-state index contributed by atoms with van der Waals surface area (Å²) in [5.41, 5.74) is 8.17. The van der Waals surface area contributed by atoms with Crippen molar-refractivity contribution in [3.63, 3.8) is 0 Å². The molecule has 5 nitrogen and oxygen atoms in total. The molecule has 2 aromatic rings. The summed E-state index contributed by atoms with van der Waals surface area (Å²) in [6.07, 6.45) is 0. The molecular formula is C17H12N2O3. The normalized spacial score (nSPS) is 18.4. The highest BCUT2D eigenvalue weighted by molar-refractivity contribution is 5.61. The first-order chi connectivity index (χ1) is 10.8. The number of hydrogen-bond donors (Lipinski definition) is 1. The Morgan fingerprint density at radius 3 is 2.50 bits per heavy atom. The van der Waals surface area contributed by atoms with Crippen LogP contribution in [-0.2, 0) is 0 Å². The molecule has 1 atom stereocenters. The zero-order valence-electron chi connectivity index (χ0n) is 11.6. The van der Waals surface area contributed by atoms with Crippen molar-refractivity contribution >= 4 is 0 Å². The molecule has 0 saturated carbocycles. The lowest BCUT2D eigenvalue weighted by molar-refractivity contribution is 0.174. The van der Waals surface area contributed by atoms with Crippen molar-refractivity contribution in [2.24, 2.45) is 5.73 Å². The van der Waals surface area contributed by atoms with Gasteiger partial charge >= 0.3 is 0 Å². The molecule has 0 bridgehead atoms. The van der Waals surface area contributed by atoms with Gasteiger partial charge in [-0.2, -0.15) is 5.26 Å². The third kappa shape index (κ3) is 1.78. The quantitative estimate of drug-likeness (QED) is 0.874. The van der Waals surface area contributed by atoms with Gasteiger partial charge in [0.05, 0.1) is 5.92 Å². The SMILES string of the molecule is N#CC1=C(N)Oc2cc3c(cc2[C@H]1c1ccccc1)OCO3. The number of allylic oxidation sites excluding steroid dienone is 1. The van der Waals surface area contributed by atoms with Crippen LogP contribution >= 0.6 is 0 Å². The Bertz CT molecular complexity index is 822. The summed E-state index contributed by atoms with van der Waals surface area (Å²) in [4.78, 5) is 0. The molecule has 0 aliphatic carbocycles. The van der Waals surface area contributed by atoms with E-state index in [1.165, 1.54) is 0 Å². The Hall–Kier alpha value is -3.13. The van der Waals surface area contributed by atoms with Gasteiger partial charge in [0.25, 0.3) is 0 Å². The van der Waals surface area contributed by atoms with E-state index in [0.717, 1.165) is 11.1 Å². The van der Waals surface area contributed by atoms with Gasteiger partial charge in [0, 0.05) is 11.6 Å². The largest absolute Gasteiger partial charge is 0.454 e. The van der Waals surface area contributed by atoms with Crippen molar-refractivity contribution < 1.29 is 14.2 Å². The minimum Gasteiger partial charge on any atom is -0.454 e. The molecular weight excluding hydrogens is 280 g/mol. The molecule has 2 aliphatic rings. The Labute approximate surface area is 127 Å². The Morgan fingerprint density at radius 2 is 1.77 bits per heavy atom. The van der Waals surface area contributed by atoms with Crippen molar-refractivity contribution in [3.05, 3.63) is 65.0 Å². The van der Waals surface area contributed by atoms with Gasteiger partial charge in [0.1, 0.15) is 17.4 Å². The zero-order chi connectivity index (χ0) is 15.1. The predicted octanol–water partition coefficient (Wildman–Crippen LogP) is 2.63. The van der Waals surface area contributed by atoms with E-state index in [1.807, 2.05) is 36.4 Å². The van der Waals surface area contributed by atoms with Crippen LogP contribution < -0.4 is 19.9 Å². The molecule has 0 fully saturated rings. The van der Waals surface area contributed by atoms with E-state index in [2.05, 4.69) is 6.07 Å². The zero-order valence-corrected chi connectivity index (χ0v) is 11.6. The molecule has 2 aromatic carbocycles. The smallest absolute Gasteiger partial charge is 0.231 e. The van der Waals surface area contributed by atoms with Crippen LogP contribution in [0.4, 0.5) is 0 Å². The second-order valence-corrected chi connectivity index (χ2v) is 5.08. The lowest BCUT2D eigenvalue weighted by Crippen LogP contribution is -2.21. The lowest BCUT2D eigenvalue weighted by atomic mass is 9.83. The Balaban J connectivity index is 1.94. The van der Waals surface area contributed by atoms with Gasteiger partial charge in [-0.1, -0.05) is 30.3 Å². The maximum Gasteiger partial charge on any atom is 0.231 e. The Morgan fingerprint density at radius 1 is 1.05 bits per heavy atom. The van der Waals surface area contributed by atoms with Gasteiger partial charge in [-0.15, -0.1) is 0 Å². The average Bonchev–Trinajstić information content (AvgIpc) is 2.99. The molecule has 4 rings (SSSR count). The van der Waals surface area contributed by atoms with Gasteiger partial charge in [0.15, 0.2) is 11.5 Å². The number of rotatable bonds is 1. The number of nitrogens with two attached hydrogens (primary N) is 1. The molecule has 2 N–H and O–H groups in total. The van der Waals surface area contributed by atoms with Crippen molar-refractivity contribution in [2.75, 3.05) is 6.79 Å². The Kier molecular flexibility index (Phi) is 2.70. The molecule has 2 heterocycles. The predicted molar refractivity (Wildman–Crippen MR) is 78.3 cm³/mol. The van der Waals surface area contributed by atoms with Crippen molar-refractivity contribution in [3.8, 4) is 23.3 Å². The van der Waals surface area contributed by atoms with Crippen LogP contribution in [0.3, 0.4) is 0 Å². The third-order valence-corrected chi connectivity index (χ3v) is 3.84. The van der Waals surface area contributed by atoms with Gasteiger partial charge in [-0.25, -0.2) is 0 Å². The van der Waals surface area contributed by atoms with E-state index in [-0.39, 0.29) is 18.6 Å². The van der Waals surface area contributed by atoms with Crippen LogP contribution in [0.2, 0.25) is 0 Å². The van der Waals surface area contributed by atoms with Crippen LogP contribution in [0.1, 0.15) is 17.0 Å². The minimum atomic E-state index is -0.274. The fraction of sp³-hybridized carbons (Fsp3) is 0.118. The molecule has 0 amide bonds. The van der Waals surface area contributed by atoms with Gasteiger partial charge in [0.2, 0.25) is 12.7 Å². The first-order valence-electron chi connectivity index (χ1n) is 6.84. The molecule has 0 spiro atoms. The topological polar surface area (TPSA) is 77.5 Å². The summed E-state index contributed by atoms with van der Waals surface area (Å²) in [6, 6.07) is 15.5. The van der Waals surface area contributed by atoms with E-state index in [0.29, 0.717) is 22.8 Å². The first-order valence-corrected chi connectivity index (χ1v) is 6.84.